The van der Waals surface area contributed by atoms with Gasteiger partial charge in [0.1, 0.15) is 0 Å². The van der Waals surface area contributed by atoms with Crippen molar-refractivity contribution >= 4 is 23.5 Å². The molecule has 0 radical (unpaired) electrons. The van der Waals surface area contributed by atoms with Crippen LogP contribution in [-0.4, -0.2) is 10.8 Å². The van der Waals surface area contributed by atoms with Gasteiger partial charge in [0.15, 0.2) is 5.78 Å². The highest BCUT2D eigenvalue weighted by molar-refractivity contribution is 6.23. The van der Waals surface area contributed by atoms with E-state index in [2.05, 4.69) is 18.1 Å². The van der Waals surface area contributed by atoms with Gasteiger partial charge in [-0.3, -0.25) is 9.59 Å². The molecule has 134 valence electrons. The van der Waals surface area contributed by atoms with Crippen molar-refractivity contribution in [2.75, 3.05) is 0 Å². The number of pyridine rings is 1. The number of carbonyl (C=O) groups is 1. The highest BCUT2D eigenvalue weighted by atomic mass is 16.1. The molecule has 0 spiro atoms. The van der Waals surface area contributed by atoms with Gasteiger partial charge < -0.3 is 4.98 Å². The molecule has 0 amide bonds. The van der Waals surface area contributed by atoms with E-state index in [1.54, 1.807) is 30.4 Å². The molecule has 25 heavy (non-hydrogen) atoms. The molecule has 0 aliphatic heterocycles. The van der Waals surface area contributed by atoms with Gasteiger partial charge in [-0.1, -0.05) is 77.3 Å². The first-order valence-corrected chi connectivity index (χ1v) is 8.70. The molecule has 3 nitrogen and oxygen atoms in total. The summed E-state index contributed by atoms with van der Waals surface area (Å²) in [5, 5.41) is 1.31. The van der Waals surface area contributed by atoms with Gasteiger partial charge in [-0.15, -0.1) is 0 Å². The minimum Gasteiger partial charge on any atom is -0.322 e. The van der Waals surface area contributed by atoms with Crippen molar-refractivity contribution in [1.29, 1.82) is 0 Å². The zero-order chi connectivity index (χ0) is 19.6. The number of aromatic amines is 1. The molecule has 0 bridgehead atoms. The highest BCUT2D eigenvalue weighted by Gasteiger charge is 2.30. The Morgan fingerprint density at radius 1 is 0.920 bits per heavy atom. The van der Waals surface area contributed by atoms with Crippen LogP contribution < -0.4 is 16.1 Å². The maximum Gasteiger partial charge on any atom is 0.257 e. The van der Waals surface area contributed by atoms with E-state index in [1.807, 2.05) is 41.5 Å². The smallest absolute Gasteiger partial charge is 0.257 e. The average molecular weight is 339 g/mol. The standard InChI is InChI=1S/C18H17NO2.2C2H6/c1-5-9-12-11(7-3)17(20)15-13(10-6-2)14(8-4)19-18(21)16(12)15;2*1-2/h5-10H,2-3H2,1,4H3,(H,19,21);2*1-2H3/b9-5-,13-10+,14-8+;;. The maximum absolute atomic E-state index is 12.6. The third-order valence-electron chi connectivity index (χ3n) is 3.43. The molecular weight excluding hydrogens is 310 g/mol. The molecule has 3 heteroatoms. The minimum absolute atomic E-state index is 0.171. The van der Waals surface area contributed by atoms with E-state index in [1.165, 1.54) is 6.08 Å². The topological polar surface area (TPSA) is 49.9 Å². The van der Waals surface area contributed by atoms with E-state index in [9.17, 15) is 9.59 Å². The summed E-state index contributed by atoms with van der Waals surface area (Å²) in [4.78, 5) is 27.8. The largest absolute Gasteiger partial charge is 0.322 e. The minimum atomic E-state index is -0.266. The molecule has 1 aliphatic carbocycles. The number of ketones is 1. The highest BCUT2D eigenvalue weighted by Crippen LogP contribution is 2.29. The van der Waals surface area contributed by atoms with Crippen LogP contribution in [0.1, 0.15) is 57.5 Å². The molecule has 1 aromatic heterocycles. The summed E-state index contributed by atoms with van der Waals surface area (Å²) in [6, 6.07) is 0. The summed E-state index contributed by atoms with van der Waals surface area (Å²) in [5.74, 6) is -0.171. The molecule has 0 fully saturated rings. The Morgan fingerprint density at radius 2 is 1.52 bits per heavy atom. The number of allylic oxidation sites excluding steroid dienone is 6. The fourth-order valence-electron chi connectivity index (χ4n) is 2.58. The first-order chi connectivity index (χ1) is 12.1. The van der Waals surface area contributed by atoms with Gasteiger partial charge in [-0.2, -0.15) is 0 Å². The van der Waals surface area contributed by atoms with Crippen LogP contribution in [0.5, 0.6) is 0 Å². The van der Waals surface area contributed by atoms with E-state index >= 15 is 0 Å². The lowest BCUT2D eigenvalue weighted by Crippen LogP contribution is -2.39. The van der Waals surface area contributed by atoms with Crippen molar-refractivity contribution in [2.45, 2.75) is 41.5 Å². The van der Waals surface area contributed by atoms with E-state index in [0.29, 0.717) is 32.8 Å². The molecule has 0 unspecified atom stereocenters. The maximum atomic E-state index is 12.6. The second kappa shape index (κ2) is 11.0. The first-order valence-electron chi connectivity index (χ1n) is 8.70. The number of rotatable bonds is 3. The molecule has 2 rings (SSSR count). The number of hydrogen-bond donors (Lipinski definition) is 1. The van der Waals surface area contributed by atoms with Gasteiger partial charge in [0, 0.05) is 21.7 Å². The lowest BCUT2D eigenvalue weighted by atomic mass is 10.0. The average Bonchev–Trinajstić information content (AvgIpc) is 2.93. The summed E-state index contributed by atoms with van der Waals surface area (Å²) >= 11 is 0. The lowest BCUT2D eigenvalue weighted by Gasteiger charge is -2.01. The number of H-pyrrole nitrogens is 1. The molecule has 1 aromatic rings. The van der Waals surface area contributed by atoms with Crippen molar-refractivity contribution in [2.24, 2.45) is 0 Å². The number of fused-ring (bicyclic) bond motifs is 1. The van der Waals surface area contributed by atoms with Crippen LogP contribution in [0, 0.1) is 0 Å². The normalized spacial score (nSPS) is 13.9. The summed E-state index contributed by atoms with van der Waals surface area (Å²) in [6.07, 6.45) is 10.2. The van der Waals surface area contributed by atoms with Crippen molar-refractivity contribution in [3.8, 4) is 0 Å². The van der Waals surface area contributed by atoms with Crippen molar-refractivity contribution in [3.63, 3.8) is 0 Å². The molecule has 0 atom stereocenters. The van der Waals surface area contributed by atoms with Gasteiger partial charge in [0.2, 0.25) is 0 Å². The quantitative estimate of drug-likeness (QED) is 0.908. The second-order valence-corrected chi connectivity index (χ2v) is 4.58. The zero-order valence-electron chi connectivity index (χ0n) is 16.2. The van der Waals surface area contributed by atoms with Gasteiger partial charge in [-0.25, -0.2) is 0 Å². The van der Waals surface area contributed by atoms with E-state index < -0.39 is 0 Å². The fraction of sp³-hybridized carbons (Fsp3) is 0.273. The molecular formula is C22H29NO2. The van der Waals surface area contributed by atoms with Crippen LogP contribution in [0.3, 0.4) is 0 Å². The molecule has 1 aliphatic rings. The van der Waals surface area contributed by atoms with Crippen LogP contribution in [-0.2, 0) is 0 Å². The Kier molecular flexibility index (Phi) is 9.80. The SMILES string of the molecule is C=C/C=c1/c2c(c(=O)[nH]/c1=C/C)C(/C=C\C)=C(C=C)C2=O.CC.CC. The summed E-state index contributed by atoms with van der Waals surface area (Å²) in [6.45, 7) is 19.0. The number of Topliss-reactive ketones (excluding diaryl/α,β-unsaturated/α-hetero) is 1. The van der Waals surface area contributed by atoms with E-state index in [4.69, 9.17) is 0 Å². The molecule has 1 heterocycles. The number of carbonyl (C=O) groups excluding carboxylic acids is 1. The monoisotopic (exact) mass is 339 g/mol. The summed E-state index contributed by atoms with van der Waals surface area (Å²) < 4.78 is 0. The predicted molar refractivity (Wildman–Crippen MR) is 110 cm³/mol. The molecule has 1 N–H and O–H groups in total. The second-order valence-electron chi connectivity index (χ2n) is 4.58. The van der Waals surface area contributed by atoms with Gasteiger partial charge in [0.25, 0.3) is 5.56 Å². The number of hydrogen-bond acceptors (Lipinski definition) is 2. The van der Waals surface area contributed by atoms with Crippen LogP contribution in [0.25, 0.3) is 17.7 Å². The number of nitrogens with one attached hydrogen (secondary N) is 1. The van der Waals surface area contributed by atoms with E-state index in [-0.39, 0.29) is 11.3 Å². The Labute approximate surface area is 150 Å². The Bertz CT molecular complexity index is 878. The summed E-state index contributed by atoms with van der Waals surface area (Å²) in [7, 11) is 0. The van der Waals surface area contributed by atoms with Crippen molar-refractivity contribution in [1.82, 2.24) is 4.98 Å². The lowest BCUT2D eigenvalue weighted by molar-refractivity contribution is 0.104. The van der Waals surface area contributed by atoms with E-state index in [0.717, 1.165) is 0 Å². The summed E-state index contributed by atoms with van der Waals surface area (Å²) in [5.41, 5.74) is 1.65. The van der Waals surface area contributed by atoms with Crippen LogP contribution in [0.2, 0.25) is 0 Å². The van der Waals surface area contributed by atoms with Crippen LogP contribution >= 0.6 is 0 Å². The van der Waals surface area contributed by atoms with Crippen LogP contribution in [0.15, 0.2) is 47.8 Å². The molecule has 0 saturated heterocycles. The van der Waals surface area contributed by atoms with Crippen LogP contribution in [0.4, 0.5) is 0 Å². The van der Waals surface area contributed by atoms with Gasteiger partial charge in [-0.05, 0) is 19.4 Å². The van der Waals surface area contributed by atoms with Crippen molar-refractivity contribution in [3.05, 3.63) is 75.1 Å². The number of aromatic nitrogens is 1. The third kappa shape index (κ3) is 4.24. The van der Waals surface area contributed by atoms with Gasteiger partial charge in [0.05, 0.1) is 5.56 Å². The first kappa shape index (κ1) is 22.3. The van der Waals surface area contributed by atoms with Gasteiger partial charge >= 0.3 is 0 Å². The molecule has 0 aromatic carbocycles. The van der Waals surface area contributed by atoms with Crippen molar-refractivity contribution < 1.29 is 4.79 Å². The predicted octanol–water partition coefficient (Wildman–Crippen LogP) is 3.91. The third-order valence-corrected chi connectivity index (χ3v) is 3.43. The molecule has 0 saturated carbocycles. The zero-order valence-corrected chi connectivity index (χ0v) is 16.2. The Balaban J connectivity index is 0.00000134. The Hall–Kier alpha value is -2.68. The Morgan fingerprint density at radius 3 is 1.96 bits per heavy atom. The fourth-order valence-corrected chi connectivity index (χ4v) is 2.58.